The number of nitrogens with zero attached hydrogens (tertiary/aromatic N) is 1. The number of esters is 1. The van der Waals surface area contributed by atoms with E-state index in [2.05, 4.69) is 4.74 Å². The number of methoxy groups -OCH3 is 1. The third-order valence-electron chi connectivity index (χ3n) is 2.84. The summed E-state index contributed by atoms with van der Waals surface area (Å²) >= 11 is 0. The highest BCUT2D eigenvalue weighted by molar-refractivity contribution is 7.89. The average molecular weight is 322 g/mol. The van der Waals surface area contributed by atoms with Crippen LogP contribution in [0.4, 0.5) is 14.5 Å². The number of rotatable bonds is 5. The van der Waals surface area contributed by atoms with Crippen molar-refractivity contribution >= 4 is 21.7 Å². The Morgan fingerprint density at radius 3 is 2.52 bits per heavy atom. The van der Waals surface area contributed by atoms with Gasteiger partial charge in [0.05, 0.1) is 13.0 Å². The zero-order valence-electron chi connectivity index (χ0n) is 11.8. The maximum absolute atomic E-state index is 13.7. The second kappa shape index (κ2) is 6.35. The molecular weight excluding hydrogens is 306 g/mol. The second-order valence-corrected chi connectivity index (χ2v) is 6.54. The van der Waals surface area contributed by atoms with Gasteiger partial charge in [0, 0.05) is 19.3 Å². The molecule has 0 bridgehead atoms. The van der Waals surface area contributed by atoms with Crippen LogP contribution in [0.2, 0.25) is 0 Å². The van der Waals surface area contributed by atoms with E-state index >= 15 is 0 Å². The first-order chi connectivity index (χ1) is 9.61. The van der Waals surface area contributed by atoms with Gasteiger partial charge in [0.2, 0.25) is 10.0 Å². The molecule has 0 amide bonds. The normalized spacial score (nSPS) is 13.2. The molecule has 0 fully saturated rings. The fourth-order valence-corrected chi connectivity index (χ4v) is 3.06. The third-order valence-corrected chi connectivity index (χ3v) is 4.66. The van der Waals surface area contributed by atoms with E-state index in [4.69, 9.17) is 5.73 Å². The Kier molecular flexibility index (Phi) is 5.24. The SMILES string of the molecule is COC(=O)C(C)CN(C)S(=O)(=O)c1cc(N)cc(F)c1F. The van der Waals surface area contributed by atoms with Crippen LogP contribution in [0.1, 0.15) is 6.92 Å². The molecule has 0 aliphatic carbocycles. The van der Waals surface area contributed by atoms with Gasteiger partial charge in [-0.2, -0.15) is 4.31 Å². The minimum absolute atomic E-state index is 0.220. The van der Waals surface area contributed by atoms with E-state index in [9.17, 15) is 22.0 Å². The third kappa shape index (κ3) is 3.67. The molecule has 0 spiro atoms. The first-order valence-corrected chi connectivity index (χ1v) is 7.34. The lowest BCUT2D eigenvalue weighted by molar-refractivity contribution is -0.144. The topological polar surface area (TPSA) is 89.7 Å². The largest absolute Gasteiger partial charge is 0.469 e. The fraction of sp³-hybridized carbons (Fsp3) is 0.417. The average Bonchev–Trinajstić information content (AvgIpc) is 2.41. The van der Waals surface area contributed by atoms with Gasteiger partial charge in [-0.1, -0.05) is 6.92 Å². The molecular formula is C12H16F2N2O4S. The van der Waals surface area contributed by atoms with Gasteiger partial charge >= 0.3 is 5.97 Å². The summed E-state index contributed by atoms with van der Waals surface area (Å²) in [5.74, 6) is -4.25. The number of sulfonamides is 1. The monoisotopic (exact) mass is 322 g/mol. The van der Waals surface area contributed by atoms with Gasteiger partial charge in [-0.15, -0.1) is 0 Å². The number of halogens is 2. The van der Waals surface area contributed by atoms with Crippen molar-refractivity contribution in [2.45, 2.75) is 11.8 Å². The summed E-state index contributed by atoms with van der Waals surface area (Å²) < 4.78 is 56.6. The highest BCUT2D eigenvalue weighted by Crippen LogP contribution is 2.24. The molecule has 0 aliphatic heterocycles. The number of hydrogen-bond acceptors (Lipinski definition) is 5. The Hall–Kier alpha value is -1.74. The lowest BCUT2D eigenvalue weighted by atomic mass is 10.2. The van der Waals surface area contributed by atoms with E-state index in [1.54, 1.807) is 0 Å². The van der Waals surface area contributed by atoms with Gasteiger partial charge in [-0.3, -0.25) is 4.79 Å². The van der Waals surface area contributed by atoms with Gasteiger partial charge < -0.3 is 10.5 Å². The smallest absolute Gasteiger partial charge is 0.309 e. The maximum Gasteiger partial charge on any atom is 0.309 e. The zero-order valence-corrected chi connectivity index (χ0v) is 12.6. The molecule has 118 valence electrons. The maximum atomic E-state index is 13.7. The number of carbonyl (C=O) groups is 1. The summed E-state index contributed by atoms with van der Waals surface area (Å²) in [5.41, 5.74) is 5.11. The molecule has 9 heteroatoms. The van der Waals surface area contributed by atoms with E-state index in [0.717, 1.165) is 17.4 Å². The molecule has 1 unspecified atom stereocenters. The molecule has 0 aromatic heterocycles. The first-order valence-electron chi connectivity index (χ1n) is 5.90. The Balaban J connectivity index is 3.14. The zero-order chi connectivity index (χ0) is 16.4. The minimum atomic E-state index is -4.32. The molecule has 1 atom stereocenters. The molecule has 1 rings (SSSR count). The van der Waals surface area contributed by atoms with Crippen molar-refractivity contribution in [1.29, 1.82) is 0 Å². The Labute approximate surface area is 121 Å². The van der Waals surface area contributed by atoms with Crippen LogP contribution >= 0.6 is 0 Å². The number of carbonyl (C=O) groups excluding carboxylic acids is 1. The van der Waals surface area contributed by atoms with Crippen LogP contribution in [-0.2, 0) is 19.6 Å². The fourth-order valence-electron chi connectivity index (χ4n) is 1.70. The summed E-state index contributed by atoms with van der Waals surface area (Å²) in [6.07, 6.45) is 0. The molecule has 21 heavy (non-hydrogen) atoms. The Morgan fingerprint density at radius 1 is 1.43 bits per heavy atom. The number of ether oxygens (including phenoxy) is 1. The predicted octanol–water partition coefficient (Wildman–Crippen LogP) is 0.977. The summed E-state index contributed by atoms with van der Waals surface area (Å²) in [6.45, 7) is 1.21. The van der Waals surface area contributed by atoms with Crippen molar-refractivity contribution in [3.05, 3.63) is 23.8 Å². The summed E-state index contributed by atoms with van der Waals surface area (Å²) in [4.78, 5) is 10.4. The molecule has 0 heterocycles. The van der Waals surface area contributed by atoms with Crippen LogP contribution in [0.25, 0.3) is 0 Å². The molecule has 0 radical (unpaired) electrons. The van der Waals surface area contributed by atoms with Crippen molar-refractivity contribution < 1.29 is 26.7 Å². The Bertz CT molecular complexity index is 649. The Morgan fingerprint density at radius 2 is 2.00 bits per heavy atom. The summed E-state index contributed by atoms with van der Waals surface area (Å²) in [6, 6.07) is 1.51. The first kappa shape index (κ1) is 17.3. The van der Waals surface area contributed by atoms with Crippen molar-refractivity contribution in [2.24, 2.45) is 5.92 Å². The van der Waals surface area contributed by atoms with Gasteiger partial charge in [-0.05, 0) is 12.1 Å². The second-order valence-electron chi connectivity index (χ2n) is 4.52. The number of anilines is 1. The highest BCUT2D eigenvalue weighted by Gasteiger charge is 2.29. The van der Waals surface area contributed by atoms with Gasteiger partial charge in [0.25, 0.3) is 0 Å². The molecule has 0 saturated carbocycles. The highest BCUT2D eigenvalue weighted by atomic mass is 32.2. The standard InChI is InChI=1S/C12H16F2N2O4S/c1-7(12(17)20-3)6-16(2)21(18,19)10-5-8(15)4-9(13)11(10)14/h4-5,7H,6,15H2,1-3H3. The molecule has 1 aromatic rings. The van der Waals surface area contributed by atoms with Crippen LogP contribution < -0.4 is 5.73 Å². The number of nitrogens with two attached hydrogens (primary N) is 1. The van der Waals surface area contributed by atoms with Crippen molar-refractivity contribution in [3.8, 4) is 0 Å². The van der Waals surface area contributed by atoms with E-state index in [-0.39, 0.29) is 12.2 Å². The number of hydrogen-bond donors (Lipinski definition) is 1. The van der Waals surface area contributed by atoms with E-state index < -0.39 is 38.4 Å². The van der Waals surface area contributed by atoms with Crippen LogP contribution in [0.15, 0.2) is 17.0 Å². The molecule has 6 nitrogen and oxygen atoms in total. The lowest BCUT2D eigenvalue weighted by Gasteiger charge is -2.20. The van der Waals surface area contributed by atoms with Crippen molar-refractivity contribution in [3.63, 3.8) is 0 Å². The van der Waals surface area contributed by atoms with E-state index in [0.29, 0.717) is 6.07 Å². The predicted molar refractivity (Wildman–Crippen MR) is 71.8 cm³/mol. The minimum Gasteiger partial charge on any atom is -0.469 e. The summed E-state index contributed by atoms with van der Waals surface area (Å²) in [5, 5.41) is 0. The van der Waals surface area contributed by atoms with Crippen LogP contribution in [0.3, 0.4) is 0 Å². The van der Waals surface area contributed by atoms with Crippen LogP contribution in [0, 0.1) is 17.6 Å². The van der Waals surface area contributed by atoms with Crippen molar-refractivity contribution in [1.82, 2.24) is 4.31 Å². The molecule has 2 N–H and O–H groups in total. The van der Waals surface area contributed by atoms with Gasteiger partial charge in [0.1, 0.15) is 4.90 Å². The van der Waals surface area contributed by atoms with Crippen molar-refractivity contribution in [2.75, 3.05) is 26.4 Å². The van der Waals surface area contributed by atoms with Gasteiger partial charge in [-0.25, -0.2) is 17.2 Å². The van der Waals surface area contributed by atoms with Crippen LogP contribution in [0.5, 0.6) is 0 Å². The molecule has 1 aromatic carbocycles. The molecule has 0 saturated heterocycles. The van der Waals surface area contributed by atoms with E-state index in [1.165, 1.54) is 14.0 Å². The molecule has 0 aliphatic rings. The van der Waals surface area contributed by atoms with E-state index in [1.807, 2.05) is 0 Å². The number of benzene rings is 1. The van der Waals surface area contributed by atoms with Crippen LogP contribution in [-0.4, -0.2) is 39.4 Å². The lowest BCUT2D eigenvalue weighted by Crippen LogP contribution is -2.34. The quantitative estimate of drug-likeness (QED) is 0.644. The summed E-state index contributed by atoms with van der Waals surface area (Å²) in [7, 11) is -2.01. The number of nitrogen functional groups attached to an aromatic ring is 1. The van der Waals surface area contributed by atoms with Gasteiger partial charge in [0.15, 0.2) is 11.6 Å².